The summed E-state index contributed by atoms with van der Waals surface area (Å²) in [6.07, 6.45) is 1.42. The van der Waals surface area contributed by atoms with Gasteiger partial charge < -0.3 is 19.4 Å². The second kappa shape index (κ2) is 9.44. The number of rotatable bonds is 6. The minimum atomic E-state index is -0.866. The topological polar surface area (TPSA) is 99.5 Å². The van der Waals surface area contributed by atoms with Crippen molar-refractivity contribution >= 4 is 28.6 Å². The molecule has 3 aromatic rings. The molecule has 3 rings (SSSR count). The molecule has 0 radical (unpaired) electrons. The van der Waals surface area contributed by atoms with Crippen LogP contribution in [0.25, 0.3) is 11.0 Å². The molecule has 1 aromatic carbocycles. The first-order valence-corrected chi connectivity index (χ1v) is 10.7. The molecule has 8 nitrogen and oxygen atoms in total. The Morgan fingerprint density at radius 1 is 1.15 bits per heavy atom. The number of carbonyl (C=O) groups excluding carboxylic acids is 2. The van der Waals surface area contributed by atoms with Crippen molar-refractivity contribution in [2.45, 2.75) is 46.6 Å². The van der Waals surface area contributed by atoms with Gasteiger partial charge in [0.2, 0.25) is 5.43 Å². The van der Waals surface area contributed by atoms with Gasteiger partial charge in [0.05, 0.1) is 18.2 Å². The van der Waals surface area contributed by atoms with E-state index < -0.39 is 23.9 Å². The van der Waals surface area contributed by atoms with Crippen LogP contribution in [-0.4, -0.2) is 35.1 Å². The zero-order valence-electron chi connectivity index (χ0n) is 19.8. The maximum atomic E-state index is 12.8. The largest absolute Gasteiger partial charge is 0.495 e. The summed E-state index contributed by atoms with van der Waals surface area (Å²) in [6, 6.07) is 8.90. The highest BCUT2D eigenvalue weighted by Gasteiger charge is 2.20. The van der Waals surface area contributed by atoms with Gasteiger partial charge in [0.1, 0.15) is 17.0 Å². The van der Waals surface area contributed by atoms with Crippen LogP contribution in [-0.2, 0) is 21.5 Å². The number of hydrogen-bond donors (Lipinski definition) is 1. The minimum absolute atomic E-state index is 0.124. The van der Waals surface area contributed by atoms with Gasteiger partial charge in [0.15, 0.2) is 6.61 Å². The van der Waals surface area contributed by atoms with Crippen LogP contribution in [0, 0.1) is 6.92 Å². The average Bonchev–Trinajstić information content (AvgIpc) is 2.77. The van der Waals surface area contributed by atoms with Gasteiger partial charge in [0.25, 0.3) is 5.91 Å². The van der Waals surface area contributed by atoms with Crippen LogP contribution < -0.4 is 15.5 Å². The first-order valence-electron chi connectivity index (χ1n) is 10.7. The second-order valence-electron chi connectivity index (χ2n) is 8.77. The van der Waals surface area contributed by atoms with Crippen molar-refractivity contribution in [2.75, 3.05) is 19.0 Å². The number of anilines is 1. The van der Waals surface area contributed by atoms with Gasteiger partial charge in [-0.15, -0.1) is 0 Å². The van der Waals surface area contributed by atoms with Crippen LogP contribution in [0.3, 0.4) is 0 Å². The number of aromatic nitrogens is 2. The van der Waals surface area contributed by atoms with Gasteiger partial charge in [-0.05, 0) is 49.1 Å². The highest BCUT2D eigenvalue weighted by Crippen LogP contribution is 2.31. The lowest BCUT2D eigenvalue weighted by atomic mass is 9.87. The molecule has 0 saturated heterocycles. The Morgan fingerprint density at radius 2 is 1.88 bits per heavy atom. The summed E-state index contributed by atoms with van der Waals surface area (Å²) < 4.78 is 12.2. The maximum absolute atomic E-state index is 12.8. The fourth-order valence-corrected chi connectivity index (χ4v) is 3.41. The number of ether oxygens (including phenoxy) is 2. The number of benzene rings is 1. The van der Waals surface area contributed by atoms with Crippen LogP contribution in [0.1, 0.15) is 49.3 Å². The normalized spacial score (nSPS) is 11.3. The van der Waals surface area contributed by atoms with Gasteiger partial charge in [-0.1, -0.05) is 26.8 Å². The molecule has 0 atom stereocenters. The Labute approximate surface area is 192 Å². The number of nitrogens with zero attached hydrogens (tertiary/aromatic N) is 2. The third-order valence-corrected chi connectivity index (χ3v) is 5.30. The predicted octanol–water partition coefficient (Wildman–Crippen LogP) is 3.83. The SMILES string of the molecule is CCn1cc(C(=O)OCC(=O)Nc2cc(C(C)(C)C)ccc2OC)c(=O)c2ccc(C)nc21. The van der Waals surface area contributed by atoms with E-state index in [1.165, 1.54) is 13.3 Å². The Hall–Kier alpha value is -3.68. The summed E-state index contributed by atoms with van der Waals surface area (Å²) >= 11 is 0. The van der Waals surface area contributed by atoms with Crippen molar-refractivity contribution in [1.82, 2.24) is 9.55 Å². The molecule has 2 aromatic heterocycles. The Morgan fingerprint density at radius 3 is 2.52 bits per heavy atom. The van der Waals surface area contributed by atoms with E-state index in [1.807, 2.05) is 26.0 Å². The number of aryl methyl sites for hydroxylation is 2. The molecule has 1 N–H and O–H groups in total. The molecule has 2 heterocycles. The summed E-state index contributed by atoms with van der Waals surface area (Å²) in [4.78, 5) is 42.4. The van der Waals surface area contributed by atoms with Gasteiger partial charge in [-0.2, -0.15) is 0 Å². The maximum Gasteiger partial charge on any atom is 0.344 e. The van der Waals surface area contributed by atoms with E-state index in [0.717, 1.165) is 11.3 Å². The van der Waals surface area contributed by atoms with Gasteiger partial charge in [-0.3, -0.25) is 9.59 Å². The van der Waals surface area contributed by atoms with Gasteiger partial charge in [0, 0.05) is 18.4 Å². The number of pyridine rings is 2. The minimum Gasteiger partial charge on any atom is -0.495 e. The van der Waals surface area contributed by atoms with E-state index in [-0.39, 0.29) is 11.0 Å². The third kappa shape index (κ3) is 5.22. The molecule has 174 valence electrons. The van der Waals surface area contributed by atoms with Crippen molar-refractivity contribution in [3.63, 3.8) is 0 Å². The highest BCUT2D eigenvalue weighted by molar-refractivity contribution is 5.97. The van der Waals surface area contributed by atoms with E-state index in [1.54, 1.807) is 22.8 Å². The van der Waals surface area contributed by atoms with Crippen LogP contribution in [0.4, 0.5) is 5.69 Å². The number of nitrogens with one attached hydrogen (secondary N) is 1. The molecule has 33 heavy (non-hydrogen) atoms. The zero-order valence-corrected chi connectivity index (χ0v) is 19.8. The number of amides is 1. The molecular formula is C25H29N3O5. The Bertz CT molecular complexity index is 1270. The molecule has 8 heteroatoms. The van der Waals surface area contributed by atoms with Crippen molar-refractivity contribution in [3.05, 3.63) is 63.6 Å². The number of fused-ring (bicyclic) bond motifs is 1. The molecular weight excluding hydrogens is 422 g/mol. The van der Waals surface area contributed by atoms with Crippen LogP contribution in [0.5, 0.6) is 5.75 Å². The lowest BCUT2D eigenvalue weighted by molar-refractivity contribution is -0.119. The van der Waals surface area contributed by atoms with Crippen molar-refractivity contribution in [2.24, 2.45) is 0 Å². The molecule has 0 bridgehead atoms. The van der Waals surface area contributed by atoms with E-state index in [2.05, 4.69) is 31.1 Å². The first kappa shape index (κ1) is 24.0. The summed E-state index contributed by atoms with van der Waals surface area (Å²) in [5.74, 6) is -0.914. The Kier molecular flexibility index (Phi) is 6.86. The standard InChI is InChI=1S/C25H29N3O5/c1-7-28-13-18(22(30)17-10-8-15(2)26-23(17)28)24(31)33-14-21(29)27-19-12-16(25(3,4)5)9-11-20(19)32-6/h8-13H,7,14H2,1-6H3,(H,27,29). The van der Waals surface area contributed by atoms with E-state index in [0.29, 0.717) is 29.0 Å². The van der Waals surface area contributed by atoms with Crippen molar-refractivity contribution in [3.8, 4) is 5.75 Å². The lowest BCUT2D eigenvalue weighted by Crippen LogP contribution is -2.25. The smallest absolute Gasteiger partial charge is 0.344 e. The van der Waals surface area contributed by atoms with Crippen molar-refractivity contribution < 1.29 is 19.1 Å². The fourth-order valence-electron chi connectivity index (χ4n) is 3.41. The number of carbonyl (C=O) groups is 2. The molecule has 0 aliphatic rings. The lowest BCUT2D eigenvalue weighted by Gasteiger charge is -2.21. The molecule has 1 amide bonds. The summed E-state index contributed by atoms with van der Waals surface area (Å²) in [5, 5.41) is 3.04. The van der Waals surface area contributed by atoms with E-state index in [4.69, 9.17) is 9.47 Å². The molecule has 0 unspecified atom stereocenters. The number of esters is 1. The molecule has 0 spiro atoms. The summed E-state index contributed by atoms with van der Waals surface area (Å²) in [6.45, 7) is 9.87. The molecule has 0 fully saturated rings. The second-order valence-corrected chi connectivity index (χ2v) is 8.77. The first-order chi connectivity index (χ1) is 15.5. The monoisotopic (exact) mass is 451 g/mol. The fraction of sp³-hybridized carbons (Fsp3) is 0.360. The molecule has 0 aliphatic carbocycles. The van der Waals surface area contributed by atoms with E-state index >= 15 is 0 Å². The van der Waals surface area contributed by atoms with Gasteiger partial charge in [-0.25, -0.2) is 9.78 Å². The van der Waals surface area contributed by atoms with Crippen molar-refractivity contribution in [1.29, 1.82) is 0 Å². The number of methoxy groups -OCH3 is 1. The Balaban J connectivity index is 1.79. The van der Waals surface area contributed by atoms with E-state index in [9.17, 15) is 14.4 Å². The highest BCUT2D eigenvalue weighted by atomic mass is 16.5. The third-order valence-electron chi connectivity index (χ3n) is 5.30. The van der Waals surface area contributed by atoms with Crippen LogP contribution in [0.15, 0.2) is 41.3 Å². The zero-order chi connectivity index (χ0) is 24.3. The number of hydrogen-bond acceptors (Lipinski definition) is 6. The molecule has 0 saturated carbocycles. The van der Waals surface area contributed by atoms with Crippen LogP contribution >= 0.6 is 0 Å². The van der Waals surface area contributed by atoms with Gasteiger partial charge >= 0.3 is 5.97 Å². The van der Waals surface area contributed by atoms with Crippen LogP contribution in [0.2, 0.25) is 0 Å². The summed E-state index contributed by atoms with van der Waals surface area (Å²) in [5.41, 5.74) is 2.01. The average molecular weight is 452 g/mol. The molecule has 0 aliphatic heterocycles. The summed E-state index contributed by atoms with van der Waals surface area (Å²) in [7, 11) is 1.51. The predicted molar refractivity (Wildman–Crippen MR) is 127 cm³/mol. The quantitative estimate of drug-likeness (QED) is 0.572.